The largest absolute Gasteiger partial charge is 0.481 e. The molecule has 0 bridgehead atoms. The van der Waals surface area contributed by atoms with Gasteiger partial charge in [0, 0.05) is 30.6 Å². The normalized spacial score (nSPS) is 12.6. The van der Waals surface area contributed by atoms with Gasteiger partial charge in [0.25, 0.3) is 11.5 Å². The van der Waals surface area contributed by atoms with Gasteiger partial charge in [-0.05, 0) is 55.3 Å². The molecule has 2 atom stereocenters. The molecule has 0 saturated heterocycles. The van der Waals surface area contributed by atoms with Crippen molar-refractivity contribution in [2.75, 3.05) is 0 Å². The number of benzene rings is 1. The van der Waals surface area contributed by atoms with Crippen LogP contribution in [0.3, 0.4) is 0 Å². The summed E-state index contributed by atoms with van der Waals surface area (Å²) in [6.45, 7) is 3.43. The van der Waals surface area contributed by atoms with E-state index >= 15 is 4.39 Å². The second kappa shape index (κ2) is 12.1. The zero-order valence-corrected chi connectivity index (χ0v) is 22.5. The summed E-state index contributed by atoms with van der Waals surface area (Å²) < 4.78 is 32.8. The fourth-order valence-corrected chi connectivity index (χ4v) is 4.51. The molecule has 0 aliphatic rings. The molecule has 4 rings (SSSR count). The van der Waals surface area contributed by atoms with Gasteiger partial charge >= 0.3 is 5.97 Å². The van der Waals surface area contributed by atoms with Gasteiger partial charge in [-0.15, -0.1) is 0 Å². The summed E-state index contributed by atoms with van der Waals surface area (Å²) in [6.07, 6.45) is 2.91. The van der Waals surface area contributed by atoms with Gasteiger partial charge in [0.15, 0.2) is 17.3 Å². The summed E-state index contributed by atoms with van der Waals surface area (Å²) in [7, 11) is 1.47. The number of carbonyl (C=O) groups excluding carboxylic acids is 2. The summed E-state index contributed by atoms with van der Waals surface area (Å²) in [6, 6.07) is 5.63. The zero-order valence-electron chi connectivity index (χ0n) is 22.5. The van der Waals surface area contributed by atoms with E-state index in [4.69, 9.17) is 0 Å². The van der Waals surface area contributed by atoms with E-state index in [1.54, 1.807) is 32.2 Å². The number of carboxylic acids is 1. The lowest BCUT2D eigenvalue weighted by Gasteiger charge is -2.24. The molecule has 1 aromatic carbocycles. The van der Waals surface area contributed by atoms with Gasteiger partial charge in [0.2, 0.25) is 5.91 Å². The smallest absolute Gasteiger partial charge is 0.305 e. The Bertz CT molecular complexity index is 1700. The Morgan fingerprint density at radius 2 is 1.83 bits per heavy atom. The average Bonchev–Trinajstić information content (AvgIpc) is 3.31. The van der Waals surface area contributed by atoms with Crippen LogP contribution < -0.4 is 16.2 Å². The van der Waals surface area contributed by atoms with E-state index in [-0.39, 0.29) is 17.5 Å². The third-order valence-electron chi connectivity index (χ3n) is 6.47. The maximum absolute atomic E-state index is 15.2. The summed E-state index contributed by atoms with van der Waals surface area (Å²) in [5, 5.41) is 18.7. The molecule has 3 N–H and O–H groups in total. The van der Waals surface area contributed by atoms with Gasteiger partial charge in [-0.25, -0.2) is 18.3 Å². The van der Waals surface area contributed by atoms with Crippen molar-refractivity contribution in [3.05, 3.63) is 87.7 Å². The van der Waals surface area contributed by atoms with Gasteiger partial charge in [-0.2, -0.15) is 5.10 Å². The number of carbonyl (C=O) groups is 3. The van der Waals surface area contributed by atoms with Gasteiger partial charge in [-0.3, -0.25) is 19.2 Å². The van der Waals surface area contributed by atoms with E-state index in [0.29, 0.717) is 23.5 Å². The predicted octanol–water partition coefficient (Wildman–Crippen LogP) is 2.91. The van der Waals surface area contributed by atoms with E-state index in [2.05, 4.69) is 20.7 Å². The highest BCUT2D eigenvalue weighted by Crippen LogP contribution is 2.31. The molecular formula is C28H28F2N6O5. The Kier molecular flexibility index (Phi) is 8.55. The van der Waals surface area contributed by atoms with Crippen LogP contribution in [0.25, 0.3) is 16.8 Å². The summed E-state index contributed by atoms with van der Waals surface area (Å²) in [5.74, 6) is -5.12. The molecule has 0 radical (unpaired) electrons. The van der Waals surface area contributed by atoms with Crippen LogP contribution in [0.4, 0.5) is 8.78 Å². The average molecular weight is 567 g/mol. The SMILES string of the molecule is CCC[C@H](NC(=O)c1cccn(C)c1=O)C(=O)N[C@@H](CC(=O)O)c1cc(-c2cccn3nc(C)nc23)cc(F)c1F. The number of halogens is 2. The first-order valence-corrected chi connectivity index (χ1v) is 12.8. The molecular weight excluding hydrogens is 538 g/mol. The van der Waals surface area contributed by atoms with Crippen LogP contribution in [0.5, 0.6) is 0 Å². The van der Waals surface area contributed by atoms with Crippen LogP contribution in [0, 0.1) is 18.6 Å². The number of amides is 2. The summed E-state index contributed by atoms with van der Waals surface area (Å²) >= 11 is 0. The van der Waals surface area contributed by atoms with Crippen molar-refractivity contribution in [2.45, 2.75) is 45.2 Å². The molecule has 214 valence electrons. The Hall–Kier alpha value is -4.94. The molecule has 0 unspecified atom stereocenters. The molecule has 0 saturated carbocycles. The maximum Gasteiger partial charge on any atom is 0.305 e. The predicted molar refractivity (Wildman–Crippen MR) is 144 cm³/mol. The highest BCUT2D eigenvalue weighted by molar-refractivity contribution is 5.97. The molecule has 0 aliphatic carbocycles. The van der Waals surface area contributed by atoms with E-state index < -0.39 is 59.0 Å². The molecule has 3 heterocycles. The first-order chi connectivity index (χ1) is 19.5. The highest BCUT2D eigenvalue weighted by Gasteiger charge is 2.29. The van der Waals surface area contributed by atoms with Crippen molar-refractivity contribution in [2.24, 2.45) is 7.05 Å². The monoisotopic (exact) mass is 566 g/mol. The fourth-order valence-electron chi connectivity index (χ4n) is 4.51. The minimum atomic E-state index is -1.49. The lowest BCUT2D eigenvalue weighted by atomic mass is 9.96. The third-order valence-corrected chi connectivity index (χ3v) is 6.47. The van der Waals surface area contributed by atoms with Crippen LogP contribution >= 0.6 is 0 Å². The lowest BCUT2D eigenvalue weighted by Crippen LogP contribution is -2.49. The van der Waals surface area contributed by atoms with Crippen LogP contribution in [0.1, 0.15) is 54.0 Å². The molecule has 2 amide bonds. The van der Waals surface area contributed by atoms with Crippen molar-refractivity contribution >= 4 is 23.4 Å². The number of hydrogen-bond donors (Lipinski definition) is 3. The van der Waals surface area contributed by atoms with Gasteiger partial charge in [0.05, 0.1) is 12.5 Å². The first kappa shape index (κ1) is 29.1. The molecule has 11 nitrogen and oxygen atoms in total. The number of pyridine rings is 2. The Morgan fingerprint density at radius 1 is 1.10 bits per heavy atom. The van der Waals surface area contributed by atoms with Crippen LogP contribution in [0.2, 0.25) is 0 Å². The van der Waals surface area contributed by atoms with Crippen LogP contribution in [0.15, 0.2) is 53.6 Å². The minimum absolute atomic E-state index is 0.135. The Labute approximate surface area is 232 Å². The number of rotatable bonds is 10. The zero-order chi connectivity index (χ0) is 29.8. The number of aliphatic carboxylic acids is 1. The standard InChI is InChI=1S/C28H28F2N6O5/c1-4-7-21(32-26(39)18-9-5-10-35(3)28(18)41)27(40)33-22(14-23(37)38)19-12-16(13-20(29)24(19)30)17-8-6-11-36-25(17)31-15(2)34-36/h5-6,8-13,21-22H,4,7,14H2,1-3H3,(H,32,39)(H,33,40)(H,37,38)/t21-,22-/m0/s1. The number of hydrogen-bond acceptors (Lipinski definition) is 6. The van der Waals surface area contributed by atoms with Crippen molar-refractivity contribution in [3.63, 3.8) is 0 Å². The van der Waals surface area contributed by atoms with Gasteiger partial charge < -0.3 is 20.3 Å². The first-order valence-electron chi connectivity index (χ1n) is 12.8. The van der Waals surface area contributed by atoms with E-state index in [9.17, 15) is 28.7 Å². The third kappa shape index (κ3) is 6.29. The number of nitrogens with one attached hydrogen (secondary N) is 2. The highest BCUT2D eigenvalue weighted by atomic mass is 19.2. The molecule has 41 heavy (non-hydrogen) atoms. The quantitative estimate of drug-likeness (QED) is 0.267. The van der Waals surface area contributed by atoms with E-state index in [0.717, 1.165) is 6.07 Å². The van der Waals surface area contributed by atoms with Gasteiger partial charge in [-0.1, -0.05) is 13.3 Å². The fraction of sp³-hybridized carbons (Fsp3) is 0.286. The van der Waals surface area contributed by atoms with E-state index in [1.165, 1.54) is 40.5 Å². The van der Waals surface area contributed by atoms with Crippen molar-refractivity contribution in [1.82, 2.24) is 29.8 Å². The minimum Gasteiger partial charge on any atom is -0.481 e. The van der Waals surface area contributed by atoms with Crippen LogP contribution in [-0.4, -0.2) is 48.1 Å². The molecule has 3 aromatic heterocycles. The Balaban J connectivity index is 1.68. The number of aromatic nitrogens is 4. The lowest BCUT2D eigenvalue weighted by molar-refractivity contribution is -0.137. The second-order valence-electron chi connectivity index (χ2n) is 9.52. The molecule has 0 aliphatic heterocycles. The molecule has 4 aromatic rings. The molecule has 13 heteroatoms. The van der Waals surface area contributed by atoms with Crippen molar-refractivity contribution in [3.8, 4) is 11.1 Å². The maximum atomic E-state index is 15.2. The molecule has 0 fully saturated rings. The number of carboxylic acid groups (broad SMARTS) is 1. The number of fused-ring (bicyclic) bond motifs is 1. The number of nitrogens with zero attached hydrogens (tertiary/aromatic N) is 4. The van der Waals surface area contributed by atoms with Crippen molar-refractivity contribution < 1.29 is 28.3 Å². The summed E-state index contributed by atoms with van der Waals surface area (Å²) in [4.78, 5) is 54.5. The van der Waals surface area contributed by atoms with Crippen molar-refractivity contribution in [1.29, 1.82) is 0 Å². The van der Waals surface area contributed by atoms with E-state index in [1.807, 2.05) is 0 Å². The summed E-state index contributed by atoms with van der Waals surface area (Å²) in [5.41, 5.74) is -0.179. The Morgan fingerprint density at radius 3 is 2.54 bits per heavy atom. The second-order valence-corrected chi connectivity index (χ2v) is 9.52. The number of aryl methyl sites for hydroxylation is 2. The topological polar surface area (TPSA) is 148 Å². The molecule has 0 spiro atoms. The van der Waals surface area contributed by atoms with Crippen LogP contribution in [-0.2, 0) is 16.6 Å². The van der Waals surface area contributed by atoms with Gasteiger partial charge in [0.1, 0.15) is 17.4 Å².